The largest absolute Gasteiger partial charge is 0.294 e. The first kappa shape index (κ1) is 13.0. The predicted octanol–water partition coefficient (Wildman–Crippen LogP) is 2.80. The molecule has 15 heavy (non-hydrogen) atoms. The summed E-state index contributed by atoms with van der Waals surface area (Å²) >= 11 is 0. The molecule has 0 aromatic heterocycles. The second kappa shape index (κ2) is 5.31. The van der Waals surface area contributed by atoms with Gasteiger partial charge >= 0.3 is 0 Å². The molecule has 1 rings (SSSR count). The van der Waals surface area contributed by atoms with Crippen molar-refractivity contribution in [3.63, 3.8) is 0 Å². The molecule has 1 fully saturated rings. The highest BCUT2D eigenvalue weighted by atomic mass is 15.3. The van der Waals surface area contributed by atoms with Crippen LogP contribution in [0.3, 0.4) is 0 Å². The van der Waals surface area contributed by atoms with Crippen LogP contribution in [0.25, 0.3) is 0 Å². The Kier molecular flexibility index (Phi) is 4.60. The molecule has 1 aliphatic heterocycles. The summed E-state index contributed by atoms with van der Waals surface area (Å²) in [5.41, 5.74) is 0.480. The second-order valence-electron chi connectivity index (χ2n) is 5.97. The van der Waals surface area contributed by atoms with Gasteiger partial charge in [-0.1, -0.05) is 27.2 Å². The van der Waals surface area contributed by atoms with Gasteiger partial charge in [0, 0.05) is 6.54 Å². The van der Waals surface area contributed by atoms with Crippen LogP contribution >= 0.6 is 0 Å². The van der Waals surface area contributed by atoms with Gasteiger partial charge in [0.15, 0.2) is 0 Å². The van der Waals surface area contributed by atoms with E-state index in [1.54, 1.807) is 0 Å². The standard InChI is InChI=1S/C13H28N2/c1-6-9-13(2,3)11-15-10-7-8-12(15)14(4)5/h12H,6-11H2,1-5H3. The van der Waals surface area contributed by atoms with Crippen molar-refractivity contribution in [3.05, 3.63) is 0 Å². The van der Waals surface area contributed by atoms with Gasteiger partial charge < -0.3 is 0 Å². The van der Waals surface area contributed by atoms with Crippen molar-refractivity contribution in [3.8, 4) is 0 Å². The van der Waals surface area contributed by atoms with Crippen molar-refractivity contribution >= 4 is 0 Å². The number of likely N-dealkylation sites (tertiary alicyclic amines) is 1. The van der Waals surface area contributed by atoms with E-state index < -0.39 is 0 Å². The van der Waals surface area contributed by atoms with Crippen LogP contribution in [-0.4, -0.2) is 43.2 Å². The Balaban J connectivity index is 2.49. The van der Waals surface area contributed by atoms with E-state index in [0.717, 1.165) is 0 Å². The quantitative estimate of drug-likeness (QED) is 0.691. The summed E-state index contributed by atoms with van der Waals surface area (Å²) in [6, 6.07) is 0. The number of nitrogens with zero attached hydrogens (tertiary/aromatic N) is 2. The SMILES string of the molecule is CCCC(C)(C)CN1CCCC1N(C)C. The maximum Gasteiger partial charge on any atom is 0.0618 e. The molecule has 1 atom stereocenters. The average Bonchev–Trinajstić information content (AvgIpc) is 2.50. The Morgan fingerprint density at radius 1 is 1.33 bits per heavy atom. The van der Waals surface area contributed by atoms with Crippen LogP contribution in [0.5, 0.6) is 0 Å². The van der Waals surface area contributed by atoms with E-state index in [9.17, 15) is 0 Å². The lowest BCUT2D eigenvalue weighted by Gasteiger charge is -2.36. The highest BCUT2D eigenvalue weighted by Crippen LogP contribution is 2.28. The van der Waals surface area contributed by atoms with E-state index in [1.807, 2.05) is 0 Å². The minimum atomic E-state index is 0.480. The van der Waals surface area contributed by atoms with Gasteiger partial charge in [0.05, 0.1) is 6.17 Å². The molecule has 0 amide bonds. The topological polar surface area (TPSA) is 6.48 Å². The molecule has 0 spiro atoms. The summed E-state index contributed by atoms with van der Waals surface area (Å²) in [7, 11) is 4.41. The van der Waals surface area contributed by atoms with Crippen LogP contribution in [0.4, 0.5) is 0 Å². The van der Waals surface area contributed by atoms with Crippen molar-refractivity contribution in [1.82, 2.24) is 9.80 Å². The zero-order valence-corrected chi connectivity index (χ0v) is 11.2. The minimum absolute atomic E-state index is 0.480. The molecule has 0 aromatic carbocycles. The molecule has 2 heteroatoms. The number of hydrogen-bond acceptors (Lipinski definition) is 2. The molecule has 0 aromatic rings. The first-order valence-electron chi connectivity index (χ1n) is 6.37. The fraction of sp³-hybridized carbons (Fsp3) is 1.00. The van der Waals surface area contributed by atoms with E-state index in [1.165, 1.54) is 38.8 Å². The van der Waals surface area contributed by atoms with E-state index in [-0.39, 0.29) is 0 Å². The van der Waals surface area contributed by atoms with E-state index in [0.29, 0.717) is 11.6 Å². The molecule has 1 aliphatic rings. The Hall–Kier alpha value is -0.0800. The fourth-order valence-corrected chi connectivity index (χ4v) is 2.88. The van der Waals surface area contributed by atoms with Crippen LogP contribution in [-0.2, 0) is 0 Å². The number of hydrogen-bond donors (Lipinski definition) is 0. The molecule has 2 nitrogen and oxygen atoms in total. The number of rotatable bonds is 5. The molecule has 90 valence electrons. The summed E-state index contributed by atoms with van der Waals surface area (Å²) in [5, 5.41) is 0. The molecule has 0 aliphatic carbocycles. The zero-order valence-electron chi connectivity index (χ0n) is 11.2. The first-order chi connectivity index (χ1) is 6.96. The van der Waals surface area contributed by atoms with Crippen molar-refractivity contribution in [2.24, 2.45) is 5.41 Å². The van der Waals surface area contributed by atoms with Crippen molar-refractivity contribution in [2.75, 3.05) is 27.2 Å². The Morgan fingerprint density at radius 2 is 2.00 bits per heavy atom. The Bertz CT molecular complexity index is 187. The lowest BCUT2D eigenvalue weighted by Crippen LogP contribution is -2.44. The van der Waals surface area contributed by atoms with Gasteiger partial charge in [0.25, 0.3) is 0 Å². The highest BCUT2D eigenvalue weighted by Gasteiger charge is 2.30. The summed E-state index contributed by atoms with van der Waals surface area (Å²) in [4.78, 5) is 5.03. The van der Waals surface area contributed by atoms with E-state index in [4.69, 9.17) is 0 Å². The first-order valence-corrected chi connectivity index (χ1v) is 6.37. The van der Waals surface area contributed by atoms with Gasteiger partial charge in [-0.3, -0.25) is 9.80 Å². The maximum absolute atomic E-state index is 2.66. The minimum Gasteiger partial charge on any atom is -0.294 e. The van der Waals surface area contributed by atoms with Crippen LogP contribution in [0.1, 0.15) is 46.5 Å². The average molecular weight is 212 g/mol. The fourth-order valence-electron chi connectivity index (χ4n) is 2.88. The van der Waals surface area contributed by atoms with Gasteiger partial charge in [0.2, 0.25) is 0 Å². The summed E-state index contributed by atoms with van der Waals surface area (Å²) < 4.78 is 0. The zero-order chi connectivity index (χ0) is 11.5. The van der Waals surface area contributed by atoms with Gasteiger partial charge in [-0.2, -0.15) is 0 Å². The highest BCUT2D eigenvalue weighted by molar-refractivity contribution is 4.82. The molecule has 1 unspecified atom stereocenters. The predicted molar refractivity (Wildman–Crippen MR) is 67.0 cm³/mol. The third-order valence-electron chi connectivity index (χ3n) is 3.48. The van der Waals surface area contributed by atoms with Crippen LogP contribution < -0.4 is 0 Å². The monoisotopic (exact) mass is 212 g/mol. The smallest absolute Gasteiger partial charge is 0.0618 e. The van der Waals surface area contributed by atoms with Gasteiger partial charge in [-0.15, -0.1) is 0 Å². The third-order valence-corrected chi connectivity index (χ3v) is 3.48. The summed E-state index contributed by atoms with van der Waals surface area (Å²) in [6.07, 6.45) is 6.03. The lowest BCUT2D eigenvalue weighted by molar-refractivity contribution is 0.0779. The van der Waals surface area contributed by atoms with Crippen LogP contribution in [0, 0.1) is 5.41 Å². The van der Waals surface area contributed by atoms with Crippen LogP contribution in [0.15, 0.2) is 0 Å². The third kappa shape index (κ3) is 3.76. The second-order valence-corrected chi connectivity index (χ2v) is 5.97. The maximum atomic E-state index is 2.66. The van der Waals surface area contributed by atoms with Crippen molar-refractivity contribution < 1.29 is 0 Å². The molecule has 1 saturated heterocycles. The van der Waals surface area contributed by atoms with Gasteiger partial charge in [-0.05, 0) is 45.3 Å². The summed E-state index contributed by atoms with van der Waals surface area (Å²) in [5.74, 6) is 0. The van der Waals surface area contributed by atoms with Crippen molar-refractivity contribution in [1.29, 1.82) is 0 Å². The molecule has 0 saturated carbocycles. The van der Waals surface area contributed by atoms with Crippen LogP contribution in [0.2, 0.25) is 0 Å². The van der Waals surface area contributed by atoms with E-state index >= 15 is 0 Å². The Morgan fingerprint density at radius 3 is 2.53 bits per heavy atom. The van der Waals surface area contributed by atoms with Crippen molar-refractivity contribution in [2.45, 2.75) is 52.6 Å². The molecule has 0 radical (unpaired) electrons. The molecular weight excluding hydrogens is 184 g/mol. The normalized spacial score (nSPS) is 24.0. The summed E-state index contributed by atoms with van der Waals surface area (Å²) in [6.45, 7) is 9.64. The molecule has 1 heterocycles. The Labute approximate surface area is 95.6 Å². The molecule has 0 N–H and O–H groups in total. The molecule has 0 bridgehead atoms. The van der Waals surface area contributed by atoms with E-state index in [2.05, 4.69) is 44.7 Å². The lowest BCUT2D eigenvalue weighted by atomic mass is 9.87. The van der Waals surface area contributed by atoms with Gasteiger partial charge in [0.1, 0.15) is 0 Å². The molecular formula is C13H28N2. The van der Waals surface area contributed by atoms with Gasteiger partial charge in [-0.25, -0.2) is 0 Å².